The summed E-state index contributed by atoms with van der Waals surface area (Å²) in [6, 6.07) is 3.83. The number of carbonyl (C=O) groups is 1. The minimum atomic E-state index is -0.294. The summed E-state index contributed by atoms with van der Waals surface area (Å²) in [5.74, 6) is 0.0261. The molecular weight excluding hydrogens is 366 g/mol. The molecule has 0 aliphatic carbocycles. The van der Waals surface area contributed by atoms with Crippen LogP contribution in [0.15, 0.2) is 17.6 Å². The fourth-order valence-electron chi connectivity index (χ4n) is 3.62. The van der Waals surface area contributed by atoms with Crippen molar-refractivity contribution in [1.82, 2.24) is 4.98 Å². The average molecular weight is 382 g/mol. The minimum absolute atomic E-state index is 0.263. The van der Waals surface area contributed by atoms with Gasteiger partial charge in [0, 0.05) is 10.7 Å². The van der Waals surface area contributed by atoms with Crippen LogP contribution in [0.5, 0.6) is 0 Å². The van der Waals surface area contributed by atoms with Gasteiger partial charge in [0.05, 0.1) is 40.6 Å². The van der Waals surface area contributed by atoms with Gasteiger partial charge >= 0.3 is 5.97 Å². The number of rotatable bonds is 2. The standard InChI is InChI=1S/C16H16BrNO3S/c1-20-16(19)8-4-11(15-13(5-8)22-7-18-15)10-6-9-2-3-12(21-9)14(10)17/h4-5,7,9-10,12,14H,2-3,6H2,1H3. The van der Waals surface area contributed by atoms with Crippen molar-refractivity contribution in [3.05, 3.63) is 28.8 Å². The van der Waals surface area contributed by atoms with E-state index in [0.717, 1.165) is 35.0 Å². The Morgan fingerprint density at radius 2 is 2.32 bits per heavy atom. The topological polar surface area (TPSA) is 48.4 Å². The molecule has 0 spiro atoms. The molecule has 0 saturated carbocycles. The Morgan fingerprint density at radius 1 is 1.45 bits per heavy atom. The van der Waals surface area contributed by atoms with Crippen LogP contribution >= 0.6 is 27.3 Å². The van der Waals surface area contributed by atoms with E-state index in [1.807, 2.05) is 17.6 Å². The second kappa shape index (κ2) is 5.58. The average Bonchev–Trinajstić information content (AvgIpc) is 3.16. The lowest BCUT2D eigenvalue weighted by molar-refractivity contribution is 0.00264. The fraction of sp³-hybridized carbons (Fsp3) is 0.500. The Hall–Kier alpha value is -0.980. The summed E-state index contributed by atoms with van der Waals surface area (Å²) >= 11 is 5.39. The number of carbonyl (C=O) groups excluding carboxylic acids is 1. The number of halogens is 1. The molecule has 4 rings (SSSR count). The van der Waals surface area contributed by atoms with Gasteiger partial charge in [0.15, 0.2) is 0 Å². The predicted octanol–water partition coefficient (Wildman–Crippen LogP) is 3.88. The summed E-state index contributed by atoms with van der Waals surface area (Å²) < 4.78 is 11.9. The van der Waals surface area contributed by atoms with Crippen LogP contribution in [0.25, 0.3) is 10.2 Å². The summed E-state index contributed by atoms with van der Waals surface area (Å²) in [6.07, 6.45) is 3.80. The van der Waals surface area contributed by atoms with Gasteiger partial charge in [-0.3, -0.25) is 0 Å². The quantitative estimate of drug-likeness (QED) is 0.584. The van der Waals surface area contributed by atoms with Crippen molar-refractivity contribution in [1.29, 1.82) is 0 Å². The first kappa shape index (κ1) is 14.6. The van der Waals surface area contributed by atoms with Gasteiger partial charge in [-0.05, 0) is 37.0 Å². The van der Waals surface area contributed by atoms with Crippen molar-refractivity contribution >= 4 is 43.5 Å². The number of ether oxygens (including phenoxy) is 2. The SMILES string of the molecule is COC(=O)c1cc(C2CC3CCC(O3)C2Br)c2ncsc2c1. The van der Waals surface area contributed by atoms with Crippen LogP contribution < -0.4 is 0 Å². The molecule has 1 aromatic heterocycles. The van der Waals surface area contributed by atoms with Crippen molar-refractivity contribution in [2.75, 3.05) is 7.11 Å². The molecule has 2 aliphatic heterocycles. The molecule has 0 radical (unpaired) electrons. The number of alkyl halides is 1. The summed E-state index contributed by atoms with van der Waals surface area (Å²) in [5.41, 5.74) is 4.59. The van der Waals surface area contributed by atoms with Crippen molar-refractivity contribution < 1.29 is 14.3 Å². The first-order valence-corrected chi connectivity index (χ1v) is 9.22. The van der Waals surface area contributed by atoms with Crippen LogP contribution in [0.3, 0.4) is 0 Å². The lowest BCUT2D eigenvalue weighted by atomic mass is 9.87. The second-order valence-corrected chi connectivity index (χ2v) is 7.86. The van der Waals surface area contributed by atoms with E-state index in [4.69, 9.17) is 9.47 Å². The Balaban J connectivity index is 1.83. The first-order valence-electron chi connectivity index (χ1n) is 7.42. The lowest BCUT2D eigenvalue weighted by Gasteiger charge is -2.34. The Labute approximate surface area is 141 Å². The van der Waals surface area contributed by atoms with E-state index in [9.17, 15) is 4.79 Å². The number of hydrogen-bond donors (Lipinski definition) is 0. The van der Waals surface area contributed by atoms with Crippen LogP contribution in [0.2, 0.25) is 0 Å². The third-order valence-corrected chi connectivity index (χ3v) is 6.69. The predicted molar refractivity (Wildman–Crippen MR) is 88.9 cm³/mol. The zero-order valence-corrected chi connectivity index (χ0v) is 14.5. The van der Waals surface area contributed by atoms with Gasteiger partial charge in [0.2, 0.25) is 0 Å². The third kappa shape index (κ3) is 2.28. The van der Waals surface area contributed by atoms with Gasteiger partial charge in [-0.2, -0.15) is 0 Å². The fourth-order valence-corrected chi connectivity index (χ4v) is 5.26. The molecule has 116 valence electrons. The van der Waals surface area contributed by atoms with Crippen molar-refractivity contribution in [2.24, 2.45) is 0 Å². The summed E-state index contributed by atoms with van der Waals surface area (Å²) in [4.78, 5) is 16.8. The molecule has 2 fully saturated rings. The molecule has 1 aromatic carbocycles. The van der Waals surface area contributed by atoms with E-state index in [0.29, 0.717) is 17.6 Å². The molecule has 4 atom stereocenters. The lowest BCUT2D eigenvalue weighted by Crippen LogP contribution is -2.34. The molecule has 2 saturated heterocycles. The molecule has 6 heteroatoms. The zero-order valence-electron chi connectivity index (χ0n) is 12.1. The van der Waals surface area contributed by atoms with Crippen LogP contribution in [0, 0.1) is 0 Å². The molecule has 4 nitrogen and oxygen atoms in total. The molecule has 2 aliphatic rings. The summed E-state index contributed by atoms with van der Waals surface area (Å²) in [7, 11) is 1.42. The maximum absolute atomic E-state index is 12.0. The molecular formula is C16H16BrNO3S. The number of fused-ring (bicyclic) bond motifs is 3. The number of hydrogen-bond acceptors (Lipinski definition) is 5. The van der Waals surface area contributed by atoms with E-state index >= 15 is 0 Å². The van der Waals surface area contributed by atoms with E-state index in [1.54, 1.807) is 11.3 Å². The van der Waals surface area contributed by atoms with Crippen molar-refractivity contribution in [3.63, 3.8) is 0 Å². The highest BCUT2D eigenvalue weighted by Crippen LogP contribution is 2.46. The largest absolute Gasteiger partial charge is 0.465 e. The second-order valence-electron chi connectivity index (χ2n) is 5.92. The Morgan fingerprint density at radius 3 is 3.14 bits per heavy atom. The van der Waals surface area contributed by atoms with Crippen LogP contribution in [0.1, 0.15) is 41.1 Å². The highest BCUT2D eigenvalue weighted by molar-refractivity contribution is 9.09. The van der Waals surface area contributed by atoms with Crippen molar-refractivity contribution in [3.8, 4) is 0 Å². The van der Waals surface area contributed by atoms with Crippen LogP contribution in [0.4, 0.5) is 0 Å². The molecule has 4 unspecified atom stereocenters. The van der Waals surface area contributed by atoms with Gasteiger partial charge in [0.25, 0.3) is 0 Å². The van der Waals surface area contributed by atoms with Crippen LogP contribution in [-0.2, 0) is 9.47 Å². The number of esters is 1. The molecule has 22 heavy (non-hydrogen) atoms. The number of aromatic nitrogens is 1. The zero-order chi connectivity index (χ0) is 15.3. The van der Waals surface area contributed by atoms with E-state index < -0.39 is 0 Å². The maximum atomic E-state index is 12.0. The van der Waals surface area contributed by atoms with E-state index in [-0.39, 0.29) is 16.9 Å². The number of benzene rings is 1. The minimum Gasteiger partial charge on any atom is -0.465 e. The van der Waals surface area contributed by atoms with E-state index in [2.05, 4.69) is 20.9 Å². The van der Waals surface area contributed by atoms with Gasteiger partial charge in [-0.15, -0.1) is 11.3 Å². The third-order valence-electron chi connectivity index (χ3n) is 4.68. The highest BCUT2D eigenvalue weighted by atomic mass is 79.9. The van der Waals surface area contributed by atoms with Crippen LogP contribution in [-0.4, -0.2) is 35.1 Å². The number of thiazole rings is 1. The van der Waals surface area contributed by atoms with Gasteiger partial charge < -0.3 is 9.47 Å². The number of methoxy groups -OCH3 is 1. The molecule has 2 bridgehead atoms. The maximum Gasteiger partial charge on any atom is 0.337 e. The molecule has 0 amide bonds. The summed E-state index contributed by atoms with van der Waals surface area (Å²) in [5, 5.41) is 0. The summed E-state index contributed by atoms with van der Waals surface area (Å²) in [6.45, 7) is 0. The Kier molecular flexibility index (Phi) is 3.71. The van der Waals surface area contributed by atoms with Gasteiger partial charge in [-0.1, -0.05) is 15.9 Å². The Bertz CT molecular complexity index is 731. The molecule has 2 aromatic rings. The molecule has 0 N–H and O–H groups in total. The number of nitrogens with zero attached hydrogens (tertiary/aromatic N) is 1. The normalized spacial score (nSPS) is 30.6. The monoisotopic (exact) mass is 381 g/mol. The molecule has 3 heterocycles. The smallest absolute Gasteiger partial charge is 0.337 e. The van der Waals surface area contributed by atoms with Crippen molar-refractivity contribution in [2.45, 2.75) is 42.2 Å². The van der Waals surface area contributed by atoms with Gasteiger partial charge in [-0.25, -0.2) is 9.78 Å². The highest BCUT2D eigenvalue weighted by Gasteiger charge is 2.43. The first-order chi connectivity index (χ1) is 10.7. The van der Waals surface area contributed by atoms with E-state index in [1.165, 1.54) is 7.11 Å². The van der Waals surface area contributed by atoms with Gasteiger partial charge in [0.1, 0.15) is 0 Å².